The average molecular weight is 373 g/mol. The van der Waals surface area contributed by atoms with Crippen LogP contribution >= 0.6 is 0 Å². The van der Waals surface area contributed by atoms with Gasteiger partial charge in [-0.3, -0.25) is 9.78 Å². The second-order valence-electron chi connectivity index (χ2n) is 7.73. The van der Waals surface area contributed by atoms with Crippen LogP contribution < -0.4 is 5.32 Å². The van der Waals surface area contributed by atoms with Crippen molar-refractivity contribution in [2.24, 2.45) is 5.92 Å². The molecule has 1 saturated carbocycles. The van der Waals surface area contributed by atoms with Gasteiger partial charge in [0.15, 0.2) is 6.61 Å². The van der Waals surface area contributed by atoms with Gasteiger partial charge in [-0.05, 0) is 56.6 Å². The van der Waals surface area contributed by atoms with Gasteiger partial charge in [0.2, 0.25) is 0 Å². The van der Waals surface area contributed by atoms with E-state index in [1.165, 1.54) is 44.1 Å². The molecule has 0 aromatic carbocycles. The Balaban J connectivity index is 1.40. The molecule has 1 saturated heterocycles. The number of likely N-dealkylation sites (N-methyl/N-ethyl adjacent to an activating group) is 1. The predicted molar refractivity (Wildman–Crippen MR) is 103 cm³/mol. The fraction of sp³-hybridized carbons (Fsp3) is 0.667. The minimum absolute atomic E-state index is 0.210. The number of ether oxygens (including phenoxy) is 1. The second-order valence-corrected chi connectivity index (χ2v) is 7.73. The Labute approximate surface area is 161 Å². The first-order valence-corrected chi connectivity index (χ1v) is 10.2. The highest BCUT2D eigenvalue weighted by Crippen LogP contribution is 2.33. The molecule has 2 heterocycles. The molecule has 1 N–H and O–H groups in total. The summed E-state index contributed by atoms with van der Waals surface area (Å²) in [7, 11) is 1.53. The zero-order chi connectivity index (χ0) is 19.1. The smallest absolute Gasteiger partial charge is 0.410 e. The number of pyridine rings is 1. The molecular formula is C21H31N3O3. The molecule has 0 atom stereocenters. The number of nitrogens with one attached hydrogen (secondary N) is 1. The molecule has 148 valence electrons. The number of amides is 2. The van der Waals surface area contributed by atoms with Crippen LogP contribution in [0.3, 0.4) is 0 Å². The van der Waals surface area contributed by atoms with Crippen molar-refractivity contribution in [3.63, 3.8) is 0 Å². The fourth-order valence-corrected chi connectivity index (χ4v) is 4.13. The number of piperidine rings is 1. The fourth-order valence-electron chi connectivity index (χ4n) is 4.13. The molecule has 0 radical (unpaired) electrons. The Morgan fingerprint density at radius 2 is 1.93 bits per heavy atom. The highest BCUT2D eigenvalue weighted by atomic mass is 16.6. The Morgan fingerprint density at radius 3 is 2.63 bits per heavy atom. The molecule has 1 aliphatic heterocycles. The van der Waals surface area contributed by atoms with Crippen LogP contribution in [0.4, 0.5) is 4.79 Å². The van der Waals surface area contributed by atoms with Gasteiger partial charge in [-0.15, -0.1) is 0 Å². The molecule has 0 spiro atoms. The number of aromatic nitrogens is 1. The summed E-state index contributed by atoms with van der Waals surface area (Å²) < 4.78 is 5.03. The van der Waals surface area contributed by atoms with E-state index in [0.29, 0.717) is 24.9 Å². The van der Waals surface area contributed by atoms with Crippen LogP contribution in [0.2, 0.25) is 0 Å². The number of nitrogens with zero attached hydrogens (tertiary/aromatic N) is 2. The van der Waals surface area contributed by atoms with Crippen molar-refractivity contribution in [3.05, 3.63) is 29.6 Å². The third kappa shape index (κ3) is 5.68. The van der Waals surface area contributed by atoms with Gasteiger partial charge in [-0.25, -0.2) is 4.79 Å². The van der Waals surface area contributed by atoms with Crippen molar-refractivity contribution < 1.29 is 14.3 Å². The van der Waals surface area contributed by atoms with Gasteiger partial charge in [0.25, 0.3) is 5.91 Å². The first-order valence-electron chi connectivity index (χ1n) is 10.2. The quantitative estimate of drug-likeness (QED) is 0.831. The summed E-state index contributed by atoms with van der Waals surface area (Å²) in [5.41, 5.74) is 2.48. The third-order valence-corrected chi connectivity index (χ3v) is 5.89. The highest BCUT2D eigenvalue weighted by Gasteiger charge is 2.24. The van der Waals surface area contributed by atoms with Crippen LogP contribution in [-0.2, 0) is 16.0 Å². The van der Waals surface area contributed by atoms with Gasteiger partial charge in [-0.1, -0.05) is 18.9 Å². The lowest BCUT2D eigenvalue weighted by Crippen LogP contribution is -2.40. The van der Waals surface area contributed by atoms with E-state index in [4.69, 9.17) is 9.72 Å². The van der Waals surface area contributed by atoms with Gasteiger partial charge in [0, 0.05) is 37.4 Å². The molecule has 1 aliphatic carbocycles. The summed E-state index contributed by atoms with van der Waals surface area (Å²) in [6.07, 6.45) is 8.93. The van der Waals surface area contributed by atoms with Crippen LogP contribution in [-0.4, -0.2) is 48.6 Å². The second kappa shape index (κ2) is 9.72. The summed E-state index contributed by atoms with van der Waals surface area (Å²) in [6, 6.07) is 6.48. The van der Waals surface area contributed by atoms with Gasteiger partial charge in [0.1, 0.15) is 0 Å². The lowest BCUT2D eigenvalue weighted by molar-refractivity contribution is -0.123. The lowest BCUT2D eigenvalue weighted by atomic mass is 9.91. The van der Waals surface area contributed by atoms with Gasteiger partial charge in [0.05, 0.1) is 0 Å². The minimum Gasteiger partial charge on any atom is -0.439 e. The normalized spacial score (nSPS) is 18.5. The van der Waals surface area contributed by atoms with Crippen molar-refractivity contribution in [2.75, 3.05) is 26.7 Å². The maximum Gasteiger partial charge on any atom is 0.410 e. The van der Waals surface area contributed by atoms with Crippen molar-refractivity contribution in [1.82, 2.24) is 15.2 Å². The first kappa shape index (κ1) is 19.6. The summed E-state index contributed by atoms with van der Waals surface area (Å²) >= 11 is 0. The molecule has 1 aromatic heterocycles. The molecule has 27 heavy (non-hydrogen) atoms. The number of hydrogen-bond acceptors (Lipinski definition) is 4. The van der Waals surface area contributed by atoms with E-state index in [-0.39, 0.29) is 18.6 Å². The molecule has 6 heteroatoms. The molecular weight excluding hydrogens is 342 g/mol. The zero-order valence-corrected chi connectivity index (χ0v) is 16.3. The Bertz CT molecular complexity index is 635. The molecule has 3 rings (SSSR count). The average Bonchev–Trinajstić information content (AvgIpc) is 3.26. The number of hydrogen-bond donors (Lipinski definition) is 1. The molecule has 2 amide bonds. The highest BCUT2D eigenvalue weighted by molar-refractivity contribution is 5.79. The monoisotopic (exact) mass is 373 g/mol. The maximum atomic E-state index is 12.0. The molecule has 0 unspecified atom stereocenters. The van der Waals surface area contributed by atoms with Crippen LogP contribution in [0.1, 0.15) is 62.3 Å². The molecule has 2 fully saturated rings. The van der Waals surface area contributed by atoms with E-state index in [1.807, 2.05) is 0 Å². The largest absolute Gasteiger partial charge is 0.439 e. The van der Waals surface area contributed by atoms with Crippen LogP contribution in [0.15, 0.2) is 18.2 Å². The third-order valence-electron chi connectivity index (χ3n) is 5.89. The van der Waals surface area contributed by atoms with Crippen molar-refractivity contribution in [1.29, 1.82) is 0 Å². The Kier molecular flexibility index (Phi) is 7.07. The van der Waals surface area contributed by atoms with E-state index in [0.717, 1.165) is 25.7 Å². The van der Waals surface area contributed by atoms with Crippen molar-refractivity contribution >= 4 is 12.0 Å². The summed E-state index contributed by atoms with van der Waals surface area (Å²) in [6.45, 7) is 1.19. The molecule has 0 bridgehead atoms. The minimum atomic E-state index is -0.386. The van der Waals surface area contributed by atoms with E-state index < -0.39 is 0 Å². The predicted octanol–water partition coefficient (Wildman–Crippen LogP) is 3.27. The van der Waals surface area contributed by atoms with Gasteiger partial charge >= 0.3 is 6.09 Å². The van der Waals surface area contributed by atoms with Crippen LogP contribution in [0.25, 0.3) is 0 Å². The van der Waals surface area contributed by atoms with E-state index in [9.17, 15) is 9.59 Å². The Morgan fingerprint density at radius 1 is 1.19 bits per heavy atom. The lowest BCUT2D eigenvalue weighted by Gasteiger charge is -2.31. The van der Waals surface area contributed by atoms with Crippen molar-refractivity contribution in [3.8, 4) is 0 Å². The van der Waals surface area contributed by atoms with Gasteiger partial charge < -0.3 is 15.0 Å². The maximum absolute atomic E-state index is 12.0. The number of aryl methyl sites for hydroxylation is 1. The summed E-state index contributed by atoms with van der Waals surface area (Å²) in [5.74, 6) is 0.990. The zero-order valence-electron chi connectivity index (χ0n) is 16.3. The van der Waals surface area contributed by atoms with Crippen molar-refractivity contribution in [2.45, 2.75) is 57.3 Å². The van der Waals surface area contributed by atoms with Gasteiger partial charge in [-0.2, -0.15) is 0 Å². The standard InChI is InChI=1S/C21H31N3O3/c1-22-20(25)15-27-21(26)24-13-11-16(12-14-24)9-10-18-7-4-8-19(23-18)17-5-2-3-6-17/h4,7-8,16-17H,2-3,5-6,9-15H2,1H3,(H,22,25). The molecule has 6 nitrogen and oxygen atoms in total. The van der Waals surface area contributed by atoms with E-state index in [2.05, 4.69) is 23.5 Å². The van der Waals surface area contributed by atoms with Crippen LogP contribution in [0.5, 0.6) is 0 Å². The SMILES string of the molecule is CNC(=O)COC(=O)N1CCC(CCc2cccc(C3CCCC3)n2)CC1. The number of rotatable bonds is 6. The molecule has 1 aromatic rings. The first-order chi connectivity index (χ1) is 13.2. The number of likely N-dealkylation sites (tertiary alicyclic amines) is 1. The topological polar surface area (TPSA) is 71.5 Å². The van der Waals surface area contributed by atoms with E-state index >= 15 is 0 Å². The van der Waals surface area contributed by atoms with E-state index in [1.54, 1.807) is 4.90 Å². The number of carbonyl (C=O) groups is 2. The summed E-state index contributed by atoms with van der Waals surface area (Å²) in [4.78, 5) is 29.8. The van der Waals surface area contributed by atoms with Crippen LogP contribution in [0, 0.1) is 5.92 Å². The summed E-state index contributed by atoms with van der Waals surface area (Å²) in [5, 5.41) is 2.44. The number of carbonyl (C=O) groups excluding carboxylic acids is 2. The molecule has 2 aliphatic rings. The Hall–Kier alpha value is -2.11.